The van der Waals surface area contributed by atoms with Crippen LogP contribution in [0, 0.1) is 11.6 Å². The van der Waals surface area contributed by atoms with Crippen LogP contribution in [0.3, 0.4) is 0 Å². The van der Waals surface area contributed by atoms with E-state index in [9.17, 15) is 28.0 Å². The highest BCUT2D eigenvalue weighted by Gasteiger charge is 2.19. The van der Waals surface area contributed by atoms with Crippen LogP contribution in [-0.2, 0) is 19.1 Å². The number of carbonyl (C=O) groups is 4. The molecule has 0 atom stereocenters. The minimum Gasteiger partial charge on any atom is -0.494 e. The lowest BCUT2D eigenvalue weighted by atomic mass is 10.1. The van der Waals surface area contributed by atoms with Crippen molar-refractivity contribution in [3.63, 3.8) is 0 Å². The minimum atomic E-state index is -1.08. The van der Waals surface area contributed by atoms with Crippen molar-refractivity contribution in [2.75, 3.05) is 26.4 Å². The van der Waals surface area contributed by atoms with E-state index < -0.39 is 35.1 Å². The molecule has 0 unspecified atom stereocenters. The monoisotopic (exact) mass is 890 g/mol. The first-order valence-corrected chi connectivity index (χ1v) is 23.2. The van der Waals surface area contributed by atoms with Crippen LogP contribution in [0.4, 0.5) is 8.78 Å². The fourth-order valence-corrected chi connectivity index (χ4v) is 6.79. The highest BCUT2D eigenvalue weighted by molar-refractivity contribution is 5.92. The first-order valence-electron chi connectivity index (χ1n) is 23.2. The molecule has 0 amide bonds. The van der Waals surface area contributed by atoms with Gasteiger partial charge in [0.25, 0.3) is 0 Å². The summed E-state index contributed by atoms with van der Waals surface area (Å²) in [6.07, 6.45) is 26.9. The predicted molar refractivity (Wildman–Crippen MR) is 244 cm³/mol. The van der Waals surface area contributed by atoms with Gasteiger partial charge in [0.15, 0.2) is 23.1 Å². The molecule has 3 aromatic rings. The third-order valence-corrected chi connectivity index (χ3v) is 10.5. The van der Waals surface area contributed by atoms with E-state index in [1.165, 1.54) is 101 Å². The number of ether oxygens (including phenoxy) is 6. The molecule has 0 heterocycles. The standard InChI is InChI=1S/C52H68F2O10/c1-3-49(55)61-37-25-21-17-13-9-5-7-11-15-19-23-35-59-43-31-27-41(28-32-43)51(57)63-47-39-46(54)48(40-45(47)53)64-52(58)42-29-33-44(34-30-42)60-36-24-20-16-12-8-6-10-14-18-22-26-38-62-50(56)4-2/h3-4,27-34,39-40H,1-2,5-26,35-38H2. The average Bonchev–Trinajstić information content (AvgIpc) is 3.30. The first kappa shape index (κ1) is 52.8. The number of unbranched alkanes of at least 4 members (excludes halogenated alkanes) is 20. The summed E-state index contributed by atoms with van der Waals surface area (Å²) < 4.78 is 61.7. The Balaban J connectivity index is 1.23. The Morgan fingerprint density at radius 3 is 0.953 bits per heavy atom. The third-order valence-electron chi connectivity index (χ3n) is 10.5. The second-order valence-electron chi connectivity index (χ2n) is 15.8. The van der Waals surface area contributed by atoms with Crippen LogP contribution in [0.25, 0.3) is 0 Å². The van der Waals surface area contributed by atoms with Crippen molar-refractivity contribution in [2.45, 2.75) is 141 Å². The molecule has 0 aliphatic carbocycles. The van der Waals surface area contributed by atoms with Gasteiger partial charge in [0.2, 0.25) is 0 Å². The number of hydrogen-bond acceptors (Lipinski definition) is 10. The predicted octanol–water partition coefficient (Wildman–Crippen LogP) is 13.2. The van der Waals surface area contributed by atoms with Crippen molar-refractivity contribution in [1.82, 2.24) is 0 Å². The van der Waals surface area contributed by atoms with E-state index in [2.05, 4.69) is 13.2 Å². The molecule has 0 aliphatic heterocycles. The van der Waals surface area contributed by atoms with Gasteiger partial charge in [-0.2, -0.15) is 0 Å². The van der Waals surface area contributed by atoms with E-state index in [1.807, 2.05) is 0 Å². The largest absolute Gasteiger partial charge is 0.494 e. The van der Waals surface area contributed by atoms with Crippen LogP contribution < -0.4 is 18.9 Å². The van der Waals surface area contributed by atoms with Crippen molar-refractivity contribution < 1.29 is 56.4 Å². The zero-order valence-electron chi connectivity index (χ0n) is 37.6. The molecule has 0 bridgehead atoms. The number of esters is 4. The molecule has 12 heteroatoms. The van der Waals surface area contributed by atoms with E-state index >= 15 is 0 Å². The van der Waals surface area contributed by atoms with Gasteiger partial charge in [-0.05, 0) is 74.2 Å². The number of hydrogen-bond donors (Lipinski definition) is 0. The Morgan fingerprint density at radius 1 is 0.406 bits per heavy atom. The van der Waals surface area contributed by atoms with Crippen molar-refractivity contribution in [3.05, 3.63) is 109 Å². The van der Waals surface area contributed by atoms with E-state index in [0.717, 1.165) is 77.0 Å². The van der Waals surface area contributed by atoms with E-state index in [-0.39, 0.29) is 23.1 Å². The summed E-state index contributed by atoms with van der Waals surface area (Å²) in [7, 11) is 0. The topological polar surface area (TPSA) is 124 Å². The summed E-state index contributed by atoms with van der Waals surface area (Å²) in [4.78, 5) is 47.5. The first-order chi connectivity index (χ1) is 31.2. The van der Waals surface area contributed by atoms with Gasteiger partial charge in [0, 0.05) is 24.3 Å². The molecule has 0 fully saturated rings. The van der Waals surface area contributed by atoms with E-state index in [0.29, 0.717) is 50.1 Å². The third kappa shape index (κ3) is 23.2. The van der Waals surface area contributed by atoms with Gasteiger partial charge in [0.1, 0.15) is 11.5 Å². The maximum Gasteiger partial charge on any atom is 0.343 e. The molecule has 350 valence electrons. The minimum absolute atomic E-state index is 0.123. The van der Waals surface area contributed by atoms with Gasteiger partial charge in [0.05, 0.1) is 37.6 Å². The van der Waals surface area contributed by atoms with E-state index in [4.69, 9.17) is 28.4 Å². The highest BCUT2D eigenvalue weighted by Crippen LogP contribution is 2.29. The van der Waals surface area contributed by atoms with Crippen LogP contribution in [0.5, 0.6) is 23.0 Å². The fourth-order valence-electron chi connectivity index (χ4n) is 6.79. The lowest BCUT2D eigenvalue weighted by Crippen LogP contribution is -2.12. The van der Waals surface area contributed by atoms with Gasteiger partial charge in [-0.15, -0.1) is 0 Å². The van der Waals surface area contributed by atoms with Crippen molar-refractivity contribution in [2.24, 2.45) is 0 Å². The van der Waals surface area contributed by atoms with Crippen LogP contribution in [0.1, 0.15) is 162 Å². The number of carbonyl (C=O) groups excluding carboxylic acids is 4. The second-order valence-corrected chi connectivity index (χ2v) is 15.8. The van der Waals surface area contributed by atoms with Crippen LogP contribution in [-0.4, -0.2) is 50.3 Å². The molecule has 0 aliphatic rings. The molecular weight excluding hydrogens is 823 g/mol. The lowest BCUT2D eigenvalue weighted by Gasteiger charge is -2.11. The molecular formula is C52H68F2O10. The maximum absolute atomic E-state index is 14.9. The van der Waals surface area contributed by atoms with Crippen LogP contribution >= 0.6 is 0 Å². The van der Waals surface area contributed by atoms with Crippen molar-refractivity contribution in [1.29, 1.82) is 0 Å². The summed E-state index contributed by atoms with van der Waals surface area (Å²) in [5, 5.41) is 0. The Hall–Kier alpha value is -5.52. The van der Waals surface area contributed by atoms with Gasteiger partial charge >= 0.3 is 23.9 Å². The summed E-state index contributed by atoms with van der Waals surface area (Å²) in [5.74, 6) is -4.78. The zero-order valence-corrected chi connectivity index (χ0v) is 37.6. The maximum atomic E-state index is 14.9. The fraction of sp³-hybridized carbons (Fsp3) is 0.500. The van der Waals surface area contributed by atoms with Crippen molar-refractivity contribution >= 4 is 23.9 Å². The molecule has 0 aromatic heterocycles. The molecule has 0 radical (unpaired) electrons. The van der Waals surface area contributed by atoms with Crippen LogP contribution in [0.15, 0.2) is 86.0 Å². The summed E-state index contributed by atoms with van der Waals surface area (Å²) >= 11 is 0. The molecule has 0 saturated heterocycles. The Labute approximate surface area is 378 Å². The zero-order chi connectivity index (χ0) is 46.0. The number of halogens is 2. The molecule has 0 saturated carbocycles. The highest BCUT2D eigenvalue weighted by atomic mass is 19.1. The molecule has 0 spiro atoms. The molecule has 0 N–H and O–H groups in total. The molecule has 64 heavy (non-hydrogen) atoms. The Bertz CT molecular complexity index is 1690. The van der Waals surface area contributed by atoms with Gasteiger partial charge < -0.3 is 28.4 Å². The molecule has 3 aromatic carbocycles. The lowest BCUT2D eigenvalue weighted by molar-refractivity contribution is -0.138. The molecule has 3 rings (SSSR count). The summed E-state index contributed by atoms with van der Waals surface area (Å²) in [5.41, 5.74) is 0.246. The average molecular weight is 891 g/mol. The summed E-state index contributed by atoms with van der Waals surface area (Å²) in [6.45, 7) is 8.77. The normalized spacial score (nSPS) is 10.8. The SMILES string of the molecule is C=CC(=O)OCCCCCCCCCCCCCOc1ccc(C(=O)Oc2cc(F)c(OC(=O)c3ccc(OCCCCCCCCCCCCCOC(=O)C=C)cc3)cc2F)cc1. The second kappa shape index (κ2) is 33.1. The Morgan fingerprint density at radius 2 is 0.672 bits per heavy atom. The van der Waals surface area contributed by atoms with Gasteiger partial charge in [-0.1, -0.05) is 129 Å². The van der Waals surface area contributed by atoms with Gasteiger partial charge in [-0.25, -0.2) is 28.0 Å². The van der Waals surface area contributed by atoms with Gasteiger partial charge in [-0.3, -0.25) is 0 Å². The number of benzene rings is 3. The van der Waals surface area contributed by atoms with E-state index in [1.54, 1.807) is 24.3 Å². The molecule has 10 nitrogen and oxygen atoms in total. The summed E-state index contributed by atoms with van der Waals surface area (Å²) in [6, 6.07) is 13.8. The van der Waals surface area contributed by atoms with Crippen LogP contribution in [0.2, 0.25) is 0 Å². The van der Waals surface area contributed by atoms with Crippen molar-refractivity contribution in [3.8, 4) is 23.0 Å². The Kier molecular flexibility index (Phi) is 27.3. The quantitative estimate of drug-likeness (QED) is 0.0241. The number of rotatable bonds is 36. The smallest absolute Gasteiger partial charge is 0.343 e.